The first-order valence-corrected chi connectivity index (χ1v) is 10.3. The molecule has 182 valence electrons. The first-order chi connectivity index (χ1) is 17.0. The summed E-state index contributed by atoms with van der Waals surface area (Å²) in [7, 11) is 0. The van der Waals surface area contributed by atoms with Crippen LogP contribution in [0.3, 0.4) is 0 Å². The summed E-state index contributed by atoms with van der Waals surface area (Å²) in [6.45, 7) is 0. The number of fused-ring (bicyclic) bond motifs is 2. The van der Waals surface area contributed by atoms with Crippen LogP contribution in [0.4, 0.5) is 39.5 Å². The fraction of sp³-hybridized carbons (Fsp3) is 0.0370. The van der Waals surface area contributed by atoms with Gasteiger partial charge in [-0.2, -0.15) is 13.2 Å². The van der Waals surface area contributed by atoms with Gasteiger partial charge in [0.1, 0.15) is 5.56 Å². The van der Waals surface area contributed by atoms with Crippen molar-refractivity contribution in [3.05, 3.63) is 107 Å². The van der Waals surface area contributed by atoms with E-state index in [1.165, 1.54) is 24.3 Å². The molecule has 0 aromatic heterocycles. The Morgan fingerprint density at radius 3 is 1.39 bits per heavy atom. The van der Waals surface area contributed by atoms with E-state index in [0.717, 1.165) is 6.07 Å². The maximum Gasteiger partial charge on any atom is 0.422 e. The molecule has 0 spiro atoms. The minimum Gasteiger partial charge on any atom is -0.204 e. The van der Waals surface area contributed by atoms with Gasteiger partial charge >= 0.3 is 6.18 Å². The van der Waals surface area contributed by atoms with Gasteiger partial charge in [0.05, 0.1) is 5.56 Å². The molecular formula is C27H11F9. The summed E-state index contributed by atoms with van der Waals surface area (Å²) in [5.41, 5.74) is -4.00. The molecule has 0 aliphatic carbocycles. The third kappa shape index (κ3) is 3.49. The second-order valence-corrected chi connectivity index (χ2v) is 7.98. The second kappa shape index (κ2) is 8.29. The standard InChI is InChI=1S/C27H11F9/c28-17-10-15-16(11-18(17)29)20(21-23(30)25(32)22(27(34,35)36)26(33)24(21)31)14-9-5-4-8-13(14)19(15)12-6-2-1-3-7-12/h1-11H. The molecule has 0 heterocycles. The van der Waals surface area contributed by atoms with Crippen molar-refractivity contribution >= 4 is 21.5 Å². The van der Waals surface area contributed by atoms with E-state index in [1.54, 1.807) is 30.3 Å². The van der Waals surface area contributed by atoms with E-state index in [4.69, 9.17) is 0 Å². The highest BCUT2D eigenvalue weighted by molar-refractivity contribution is 6.21. The highest BCUT2D eigenvalue weighted by Gasteiger charge is 2.43. The van der Waals surface area contributed by atoms with Crippen molar-refractivity contribution in [3.63, 3.8) is 0 Å². The quantitative estimate of drug-likeness (QED) is 0.127. The Bertz CT molecular complexity index is 1640. The SMILES string of the molecule is Fc1cc2c(-c3ccccc3)c3ccccc3c(-c3c(F)c(F)c(C(F)(F)F)c(F)c3F)c2cc1F. The maximum atomic E-state index is 15.1. The fourth-order valence-corrected chi connectivity index (χ4v) is 4.46. The van der Waals surface area contributed by atoms with Crippen LogP contribution in [0.25, 0.3) is 43.8 Å². The molecule has 0 fully saturated rings. The largest absolute Gasteiger partial charge is 0.422 e. The smallest absolute Gasteiger partial charge is 0.204 e. The molecule has 5 rings (SSSR count). The van der Waals surface area contributed by atoms with Gasteiger partial charge in [-0.15, -0.1) is 0 Å². The molecule has 0 amide bonds. The Morgan fingerprint density at radius 2 is 0.889 bits per heavy atom. The highest BCUT2D eigenvalue weighted by Crippen LogP contribution is 2.47. The van der Waals surface area contributed by atoms with Crippen LogP contribution < -0.4 is 0 Å². The molecule has 0 aliphatic rings. The monoisotopic (exact) mass is 506 g/mol. The summed E-state index contributed by atoms with van der Waals surface area (Å²) in [6, 6.07) is 15.4. The molecule has 0 N–H and O–H groups in total. The molecule has 5 aromatic carbocycles. The molecule has 0 saturated heterocycles. The lowest BCUT2D eigenvalue weighted by Crippen LogP contribution is -2.16. The molecule has 0 unspecified atom stereocenters. The molecule has 9 heteroatoms. The third-order valence-corrected chi connectivity index (χ3v) is 5.92. The minimum atomic E-state index is -5.73. The van der Waals surface area contributed by atoms with E-state index in [-0.39, 0.29) is 21.5 Å². The summed E-state index contributed by atoms with van der Waals surface area (Å²) in [5.74, 6) is -12.7. The zero-order valence-electron chi connectivity index (χ0n) is 17.8. The molecule has 0 aliphatic heterocycles. The van der Waals surface area contributed by atoms with Crippen LogP contribution in [-0.2, 0) is 6.18 Å². The van der Waals surface area contributed by atoms with E-state index in [2.05, 4.69) is 0 Å². The Balaban J connectivity index is 2.05. The average molecular weight is 506 g/mol. The van der Waals surface area contributed by atoms with Gasteiger partial charge in [0, 0.05) is 5.56 Å². The lowest BCUT2D eigenvalue weighted by Gasteiger charge is -2.20. The lowest BCUT2D eigenvalue weighted by molar-refractivity contribution is -0.143. The van der Waals surface area contributed by atoms with E-state index in [1.807, 2.05) is 0 Å². The van der Waals surface area contributed by atoms with Crippen molar-refractivity contribution in [2.75, 3.05) is 0 Å². The van der Waals surface area contributed by atoms with Gasteiger partial charge < -0.3 is 0 Å². The van der Waals surface area contributed by atoms with E-state index in [9.17, 15) is 30.7 Å². The predicted molar refractivity (Wildman–Crippen MR) is 117 cm³/mol. The van der Waals surface area contributed by atoms with Crippen LogP contribution in [0.1, 0.15) is 5.56 Å². The number of alkyl halides is 3. The molecule has 0 nitrogen and oxygen atoms in total. The van der Waals surface area contributed by atoms with Crippen LogP contribution in [0, 0.1) is 34.9 Å². The zero-order valence-corrected chi connectivity index (χ0v) is 17.8. The van der Waals surface area contributed by atoms with Gasteiger partial charge in [0.25, 0.3) is 0 Å². The summed E-state index contributed by atoms with van der Waals surface area (Å²) < 4.78 is 128. The number of rotatable bonds is 2. The third-order valence-electron chi connectivity index (χ3n) is 5.92. The molecular weight excluding hydrogens is 495 g/mol. The molecule has 0 bridgehead atoms. The van der Waals surface area contributed by atoms with Crippen molar-refractivity contribution in [2.24, 2.45) is 0 Å². The van der Waals surface area contributed by atoms with Crippen molar-refractivity contribution < 1.29 is 39.5 Å². The predicted octanol–water partition coefficient (Wildman–Crippen LogP) is 9.18. The number of hydrogen-bond donors (Lipinski definition) is 0. The Morgan fingerprint density at radius 1 is 0.444 bits per heavy atom. The second-order valence-electron chi connectivity index (χ2n) is 7.98. The van der Waals surface area contributed by atoms with Crippen molar-refractivity contribution in [3.8, 4) is 22.3 Å². The Labute approximate surface area is 197 Å². The van der Waals surface area contributed by atoms with Crippen molar-refractivity contribution in [1.29, 1.82) is 0 Å². The van der Waals surface area contributed by atoms with E-state index >= 15 is 8.78 Å². The number of hydrogen-bond acceptors (Lipinski definition) is 0. The maximum absolute atomic E-state index is 15.1. The van der Waals surface area contributed by atoms with Crippen LogP contribution in [0.15, 0.2) is 66.7 Å². The molecule has 36 heavy (non-hydrogen) atoms. The average Bonchev–Trinajstić information content (AvgIpc) is 2.83. The van der Waals surface area contributed by atoms with Gasteiger partial charge in [0.2, 0.25) is 0 Å². The molecule has 0 radical (unpaired) electrons. The van der Waals surface area contributed by atoms with Gasteiger partial charge in [-0.3, -0.25) is 0 Å². The van der Waals surface area contributed by atoms with Gasteiger partial charge in [0.15, 0.2) is 34.9 Å². The highest BCUT2D eigenvalue weighted by atomic mass is 19.4. The van der Waals surface area contributed by atoms with Crippen LogP contribution >= 0.6 is 0 Å². The summed E-state index contributed by atoms with van der Waals surface area (Å²) in [5, 5.41) is -0.251. The van der Waals surface area contributed by atoms with E-state index in [0.29, 0.717) is 17.2 Å². The molecule has 0 saturated carbocycles. The zero-order chi connectivity index (χ0) is 25.9. The van der Waals surface area contributed by atoms with E-state index < -0.39 is 57.8 Å². The van der Waals surface area contributed by atoms with Gasteiger partial charge in [-0.05, 0) is 44.8 Å². The normalized spacial score (nSPS) is 12.0. The van der Waals surface area contributed by atoms with Crippen molar-refractivity contribution in [2.45, 2.75) is 6.18 Å². The Hall–Kier alpha value is -4.01. The minimum absolute atomic E-state index is 0.0498. The number of benzene rings is 5. The number of halogens is 9. The fourth-order valence-electron chi connectivity index (χ4n) is 4.46. The summed E-state index contributed by atoms with van der Waals surface area (Å²) in [4.78, 5) is 0. The van der Waals surface area contributed by atoms with Gasteiger partial charge in [-0.1, -0.05) is 54.6 Å². The van der Waals surface area contributed by atoms with Crippen LogP contribution in [0.5, 0.6) is 0 Å². The Kier molecular flexibility index (Phi) is 5.46. The summed E-state index contributed by atoms with van der Waals surface area (Å²) in [6.07, 6.45) is -5.73. The van der Waals surface area contributed by atoms with Crippen LogP contribution in [-0.4, -0.2) is 0 Å². The van der Waals surface area contributed by atoms with Crippen molar-refractivity contribution in [1.82, 2.24) is 0 Å². The topological polar surface area (TPSA) is 0 Å². The molecule has 0 atom stereocenters. The first kappa shape index (κ1) is 23.7. The molecule has 5 aromatic rings. The van der Waals surface area contributed by atoms with Gasteiger partial charge in [-0.25, -0.2) is 26.3 Å². The van der Waals surface area contributed by atoms with Crippen LogP contribution in [0.2, 0.25) is 0 Å². The summed E-state index contributed by atoms with van der Waals surface area (Å²) >= 11 is 0. The first-order valence-electron chi connectivity index (χ1n) is 10.3. The lowest BCUT2D eigenvalue weighted by atomic mass is 9.85.